The highest BCUT2D eigenvalue weighted by Gasteiger charge is 2.42. The van der Waals surface area contributed by atoms with Gasteiger partial charge in [0.15, 0.2) is 10.8 Å². The maximum atomic E-state index is 12.1. The number of hydrogen-bond acceptors (Lipinski definition) is 8. The maximum absolute atomic E-state index is 12.1. The van der Waals surface area contributed by atoms with Crippen molar-refractivity contribution in [2.24, 2.45) is 5.16 Å². The van der Waals surface area contributed by atoms with Crippen molar-refractivity contribution in [2.45, 2.75) is 6.04 Å². The van der Waals surface area contributed by atoms with Crippen LogP contribution in [0.4, 0.5) is 5.13 Å². The number of nitrogens with one attached hydrogen (secondary N) is 1. The molecule has 4 N–H and O–H groups in total. The Hall–Kier alpha value is -2.10. The van der Waals surface area contributed by atoms with Gasteiger partial charge in [-0.05, 0) is 4.57 Å². The minimum absolute atomic E-state index is 0.102. The van der Waals surface area contributed by atoms with Gasteiger partial charge in [-0.3, -0.25) is 14.5 Å². The minimum atomic E-state index is -2.44. The molecule has 2 amide bonds. The fraction of sp³-hybridized carbons (Fsp3) is 0.400. The molecule has 1 fully saturated rings. The summed E-state index contributed by atoms with van der Waals surface area (Å²) >= 11 is 1.14. The van der Waals surface area contributed by atoms with Gasteiger partial charge in [0.1, 0.15) is 18.8 Å². The number of thiazole rings is 1. The molecule has 0 radical (unpaired) electrons. The summed E-state index contributed by atoms with van der Waals surface area (Å²) in [6.45, 7) is 0.158. The number of carbonyl (C=O) groups is 2. The smallest absolute Gasteiger partial charge is 0.398 e. The highest BCUT2D eigenvalue weighted by molar-refractivity contribution is 7.37. The largest absolute Gasteiger partial charge is 0.527 e. The molecule has 12 heteroatoms. The van der Waals surface area contributed by atoms with Crippen molar-refractivity contribution in [3.8, 4) is 0 Å². The molecular weight excluding hydrogens is 333 g/mol. The highest BCUT2D eigenvalue weighted by Crippen LogP contribution is 2.21. The van der Waals surface area contributed by atoms with Gasteiger partial charge in [0.05, 0.1) is 6.54 Å². The molecule has 1 aliphatic rings. The van der Waals surface area contributed by atoms with E-state index in [9.17, 15) is 14.2 Å². The second-order valence-corrected chi connectivity index (χ2v) is 6.15. The van der Waals surface area contributed by atoms with Gasteiger partial charge < -0.3 is 15.9 Å². The van der Waals surface area contributed by atoms with Gasteiger partial charge in [0.2, 0.25) is 5.91 Å². The number of nitrogens with zero attached hydrogens (tertiary/aromatic N) is 3. The molecule has 0 bridgehead atoms. The van der Waals surface area contributed by atoms with E-state index in [-0.39, 0.29) is 29.4 Å². The summed E-state index contributed by atoms with van der Waals surface area (Å²) in [6.07, 6.45) is -0.248. The van der Waals surface area contributed by atoms with Gasteiger partial charge in [-0.1, -0.05) is 5.16 Å². The number of nitrogen functional groups attached to an aromatic ring is 1. The lowest BCUT2D eigenvalue weighted by Gasteiger charge is -2.35. The second-order valence-electron chi connectivity index (χ2n) is 4.27. The Morgan fingerprint density at radius 1 is 1.77 bits per heavy atom. The maximum Gasteiger partial charge on any atom is 0.527 e. The summed E-state index contributed by atoms with van der Waals surface area (Å²) in [5.74, 6) is -1.07. The van der Waals surface area contributed by atoms with Crippen LogP contribution in [0.25, 0.3) is 0 Å². The van der Waals surface area contributed by atoms with Gasteiger partial charge in [-0.15, -0.1) is 11.3 Å². The monoisotopic (exact) mass is 346 g/mol. The number of rotatable bonds is 6. The third-order valence-corrected chi connectivity index (χ3v) is 4.03. The third-order valence-electron chi connectivity index (χ3n) is 2.77. The van der Waals surface area contributed by atoms with E-state index in [0.29, 0.717) is 0 Å². The zero-order valence-corrected chi connectivity index (χ0v) is 13.1. The van der Waals surface area contributed by atoms with Gasteiger partial charge in [-0.25, -0.2) is 4.98 Å². The molecule has 2 atom stereocenters. The van der Waals surface area contributed by atoms with E-state index in [2.05, 4.69) is 20.3 Å². The number of aromatic nitrogens is 1. The molecule has 0 saturated carbocycles. The van der Waals surface area contributed by atoms with E-state index < -0.39 is 25.9 Å². The molecule has 118 valence electrons. The topological polar surface area (TPSA) is 147 Å². The number of amides is 2. The number of oxime groups is 1. The van der Waals surface area contributed by atoms with Crippen molar-refractivity contribution in [3.63, 3.8) is 0 Å². The first-order chi connectivity index (χ1) is 10.4. The first-order valence-electron chi connectivity index (χ1n) is 5.98. The fourth-order valence-electron chi connectivity index (χ4n) is 1.80. The van der Waals surface area contributed by atoms with Crippen LogP contribution in [-0.2, 0) is 19.0 Å². The van der Waals surface area contributed by atoms with Gasteiger partial charge in [0.25, 0.3) is 12.2 Å². The number of carbonyl (C=O) groups excluding carboxylic acids is 2. The Labute approximate surface area is 129 Å². The van der Waals surface area contributed by atoms with Crippen molar-refractivity contribution in [1.82, 2.24) is 15.2 Å². The van der Waals surface area contributed by atoms with E-state index in [1.165, 1.54) is 17.4 Å². The predicted molar refractivity (Wildman–Crippen MR) is 78.4 cm³/mol. The molecule has 2 rings (SSSR count). The zero-order chi connectivity index (χ0) is 16.3. The molecule has 22 heavy (non-hydrogen) atoms. The van der Waals surface area contributed by atoms with Crippen LogP contribution < -0.4 is 11.1 Å². The van der Waals surface area contributed by atoms with Crippen molar-refractivity contribution >= 4 is 42.0 Å². The Kier molecular flexibility index (Phi) is 5.01. The Balaban J connectivity index is 2.00. The quantitative estimate of drug-likeness (QED) is 0.261. The lowest BCUT2D eigenvalue weighted by atomic mass is 10.1. The fourth-order valence-corrected chi connectivity index (χ4v) is 2.89. The standard InChI is InChI=1S/C10H12N5O5PS/c1-20-14-7(6-3-22-10(11)13-6)8(16)12-5-2-15(9(5)17)4-21(18)19/h3,5H,2,4H2,1H3,(H3-,11,12,13,16,18,19)/p+1/b14-7-/t5-/m0/s1. The van der Waals surface area contributed by atoms with Crippen LogP contribution in [0.3, 0.4) is 0 Å². The highest BCUT2D eigenvalue weighted by atomic mass is 32.1. The molecular formula is C10H13N5O5PS+. The average molecular weight is 346 g/mol. The first kappa shape index (κ1) is 16.3. The molecule has 1 aromatic rings. The van der Waals surface area contributed by atoms with Crippen LogP contribution in [0, 0.1) is 0 Å². The van der Waals surface area contributed by atoms with Crippen LogP contribution in [-0.4, -0.2) is 58.3 Å². The summed E-state index contributed by atoms with van der Waals surface area (Å²) in [6, 6.07) is -0.763. The average Bonchev–Trinajstić information content (AvgIpc) is 2.88. The van der Waals surface area contributed by atoms with Crippen molar-refractivity contribution in [3.05, 3.63) is 11.1 Å². The Morgan fingerprint density at radius 3 is 3.00 bits per heavy atom. The summed E-state index contributed by atoms with van der Waals surface area (Å²) in [5, 5.41) is 7.87. The summed E-state index contributed by atoms with van der Waals surface area (Å²) in [7, 11) is -1.16. The Bertz CT molecular complexity index is 647. The number of likely N-dealkylation sites (tertiary alicyclic amines) is 1. The second kappa shape index (κ2) is 6.77. The molecule has 10 nitrogen and oxygen atoms in total. The van der Waals surface area contributed by atoms with Gasteiger partial charge >= 0.3 is 8.03 Å². The molecule has 2 heterocycles. The summed E-state index contributed by atoms with van der Waals surface area (Å²) in [5.41, 5.74) is 5.64. The van der Waals surface area contributed by atoms with Crippen LogP contribution >= 0.6 is 19.4 Å². The lowest BCUT2D eigenvalue weighted by molar-refractivity contribution is -0.144. The predicted octanol–water partition coefficient (Wildman–Crippen LogP) is -0.905. The van der Waals surface area contributed by atoms with E-state index in [4.69, 9.17) is 10.6 Å². The molecule has 1 saturated heterocycles. The first-order valence-corrected chi connectivity index (χ1v) is 8.25. The molecule has 0 spiro atoms. The minimum Gasteiger partial charge on any atom is -0.398 e. The molecule has 1 unspecified atom stereocenters. The molecule has 1 aliphatic heterocycles. The van der Waals surface area contributed by atoms with Crippen molar-refractivity contribution in [2.75, 3.05) is 25.7 Å². The van der Waals surface area contributed by atoms with Gasteiger partial charge in [0, 0.05) is 5.38 Å². The Morgan fingerprint density at radius 2 is 2.50 bits per heavy atom. The summed E-state index contributed by atoms with van der Waals surface area (Å²) in [4.78, 5) is 42.3. The lowest BCUT2D eigenvalue weighted by Crippen LogP contribution is -2.64. The summed E-state index contributed by atoms with van der Waals surface area (Å²) < 4.78 is 10.7. The van der Waals surface area contributed by atoms with Crippen LogP contribution in [0.1, 0.15) is 5.69 Å². The van der Waals surface area contributed by atoms with Gasteiger partial charge in [-0.2, -0.15) is 4.89 Å². The molecule has 1 aromatic heterocycles. The van der Waals surface area contributed by atoms with E-state index in [1.807, 2.05) is 0 Å². The van der Waals surface area contributed by atoms with E-state index in [1.54, 1.807) is 0 Å². The van der Waals surface area contributed by atoms with E-state index >= 15 is 0 Å². The zero-order valence-electron chi connectivity index (χ0n) is 11.4. The third kappa shape index (κ3) is 3.56. The SMILES string of the molecule is CO/N=C(\C(=O)N[C@H]1CN(C[P+](=O)O)C1=O)c1csc(N)n1. The van der Waals surface area contributed by atoms with Crippen molar-refractivity contribution < 1.29 is 23.9 Å². The molecule has 0 aliphatic carbocycles. The van der Waals surface area contributed by atoms with Crippen LogP contribution in [0.15, 0.2) is 10.5 Å². The number of hydrogen-bond donors (Lipinski definition) is 3. The van der Waals surface area contributed by atoms with Crippen LogP contribution in [0.2, 0.25) is 0 Å². The molecule has 0 aromatic carbocycles. The van der Waals surface area contributed by atoms with Crippen molar-refractivity contribution in [1.29, 1.82) is 0 Å². The number of anilines is 1. The normalized spacial score (nSPS) is 18.7. The number of β-lactam (4-membered cyclic amide) rings is 1. The van der Waals surface area contributed by atoms with Crippen LogP contribution in [0.5, 0.6) is 0 Å². The number of nitrogens with two attached hydrogens (primary N) is 1. The van der Waals surface area contributed by atoms with E-state index in [0.717, 1.165) is 11.3 Å².